The van der Waals surface area contributed by atoms with Gasteiger partial charge in [-0.2, -0.15) is 0 Å². The van der Waals surface area contributed by atoms with E-state index in [9.17, 15) is 4.79 Å². The lowest BCUT2D eigenvalue weighted by Crippen LogP contribution is -2.34. The van der Waals surface area contributed by atoms with Crippen molar-refractivity contribution in [3.05, 3.63) is 0 Å². The van der Waals surface area contributed by atoms with Crippen LogP contribution in [0.2, 0.25) is 0 Å². The minimum absolute atomic E-state index is 0.126. The van der Waals surface area contributed by atoms with Gasteiger partial charge in [-0.05, 0) is 51.1 Å². The Labute approximate surface area is 97.3 Å². The van der Waals surface area contributed by atoms with Crippen molar-refractivity contribution in [2.24, 2.45) is 11.8 Å². The van der Waals surface area contributed by atoms with Gasteiger partial charge in [-0.1, -0.05) is 0 Å². The van der Waals surface area contributed by atoms with Crippen LogP contribution in [-0.2, 0) is 4.74 Å². The summed E-state index contributed by atoms with van der Waals surface area (Å²) in [5.74, 6) is 1.51. The SMILES string of the molecule is CCOC(=O)N1CCC(C2CCNCC2)C1. The number of hydrogen-bond donors (Lipinski definition) is 1. The van der Waals surface area contributed by atoms with E-state index < -0.39 is 0 Å². The summed E-state index contributed by atoms with van der Waals surface area (Å²) in [6.45, 7) is 6.41. The van der Waals surface area contributed by atoms with Crippen molar-refractivity contribution >= 4 is 6.09 Å². The second-order valence-corrected chi connectivity index (χ2v) is 4.78. The van der Waals surface area contributed by atoms with Crippen LogP contribution in [0.4, 0.5) is 4.79 Å². The maximum absolute atomic E-state index is 11.6. The van der Waals surface area contributed by atoms with Gasteiger partial charge < -0.3 is 15.0 Å². The molecular weight excluding hydrogens is 204 g/mol. The predicted molar refractivity (Wildman–Crippen MR) is 62.3 cm³/mol. The van der Waals surface area contributed by atoms with Crippen LogP contribution >= 0.6 is 0 Å². The number of ether oxygens (including phenoxy) is 1. The van der Waals surface area contributed by atoms with E-state index in [1.54, 1.807) is 0 Å². The molecule has 2 aliphatic rings. The fourth-order valence-electron chi connectivity index (χ4n) is 2.87. The number of likely N-dealkylation sites (tertiary alicyclic amines) is 1. The number of nitrogens with one attached hydrogen (secondary N) is 1. The summed E-state index contributed by atoms with van der Waals surface area (Å²) in [5, 5.41) is 3.39. The summed E-state index contributed by atoms with van der Waals surface area (Å²) < 4.78 is 5.04. The van der Waals surface area contributed by atoms with Crippen LogP contribution in [-0.4, -0.2) is 43.8 Å². The Balaban J connectivity index is 1.80. The molecule has 92 valence electrons. The molecule has 0 aromatic rings. The molecule has 2 aliphatic heterocycles. The molecule has 0 radical (unpaired) electrons. The molecule has 1 N–H and O–H groups in total. The highest BCUT2D eigenvalue weighted by molar-refractivity contribution is 5.67. The van der Waals surface area contributed by atoms with Crippen molar-refractivity contribution in [2.75, 3.05) is 32.8 Å². The number of nitrogens with zero attached hydrogens (tertiary/aromatic N) is 1. The van der Waals surface area contributed by atoms with E-state index in [1.165, 1.54) is 12.8 Å². The normalized spacial score (nSPS) is 27.1. The lowest BCUT2D eigenvalue weighted by molar-refractivity contribution is 0.112. The van der Waals surface area contributed by atoms with Crippen LogP contribution in [0, 0.1) is 11.8 Å². The van der Waals surface area contributed by atoms with Crippen molar-refractivity contribution in [3.63, 3.8) is 0 Å². The number of amides is 1. The van der Waals surface area contributed by atoms with E-state index in [0.29, 0.717) is 12.5 Å². The average molecular weight is 226 g/mol. The van der Waals surface area contributed by atoms with E-state index >= 15 is 0 Å². The third kappa shape index (κ3) is 2.67. The molecule has 1 amide bonds. The zero-order valence-electron chi connectivity index (χ0n) is 10.1. The summed E-state index contributed by atoms with van der Waals surface area (Å²) in [5.41, 5.74) is 0. The Hall–Kier alpha value is -0.770. The van der Waals surface area contributed by atoms with Gasteiger partial charge in [0.2, 0.25) is 0 Å². The van der Waals surface area contributed by atoms with Gasteiger partial charge in [0, 0.05) is 13.1 Å². The van der Waals surface area contributed by atoms with Gasteiger partial charge in [0.05, 0.1) is 6.61 Å². The van der Waals surface area contributed by atoms with E-state index in [2.05, 4.69) is 5.32 Å². The first kappa shape index (κ1) is 11.7. The van der Waals surface area contributed by atoms with Crippen molar-refractivity contribution < 1.29 is 9.53 Å². The van der Waals surface area contributed by atoms with Crippen molar-refractivity contribution in [1.82, 2.24) is 10.2 Å². The summed E-state index contributed by atoms with van der Waals surface area (Å²) in [4.78, 5) is 13.4. The van der Waals surface area contributed by atoms with Gasteiger partial charge >= 0.3 is 6.09 Å². The highest BCUT2D eigenvalue weighted by Gasteiger charge is 2.32. The fraction of sp³-hybridized carbons (Fsp3) is 0.917. The van der Waals surface area contributed by atoms with E-state index in [-0.39, 0.29) is 6.09 Å². The number of rotatable bonds is 2. The number of carbonyl (C=O) groups excluding carboxylic acids is 1. The molecule has 0 aliphatic carbocycles. The van der Waals surface area contributed by atoms with Gasteiger partial charge in [0.15, 0.2) is 0 Å². The zero-order chi connectivity index (χ0) is 11.4. The molecule has 16 heavy (non-hydrogen) atoms. The molecule has 0 aromatic carbocycles. The molecule has 2 rings (SSSR count). The van der Waals surface area contributed by atoms with E-state index in [4.69, 9.17) is 4.74 Å². The van der Waals surface area contributed by atoms with Crippen LogP contribution < -0.4 is 5.32 Å². The Morgan fingerprint density at radius 2 is 2.06 bits per heavy atom. The van der Waals surface area contributed by atoms with Gasteiger partial charge in [0.25, 0.3) is 0 Å². The molecule has 1 unspecified atom stereocenters. The third-order valence-corrected chi connectivity index (χ3v) is 3.80. The minimum atomic E-state index is -0.126. The highest BCUT2D eigenvalue weighted by atomic mass is 16.6. The van der Waals surface area contributed by atoms with Crippen LogP contribution in [0.25, 0.3) is 0 Å². The Bertz CT molecular complexity index is 239. The van der Waals surface area contributed by atoms with Gasteiger partial charge in [-0.3, -0.25) is 0 Å². The standard InChI is InChI=1S/C12H22N2O2/c1-2-16-12(15)14-8-5-11(9-14)10-3-6-13-7-4-10/h10-11,13H,2-9H2,1H3. The molecule has 4 heteroatoms. The number of piperidine rings is 1. The second kappa shape index (κ2) is 5.53. The molecule has 2 fully saturated rings. The largest absolute Gasteiger partial charge is 0.450 e. The molecule has 2 heterocycles. The number of hydrogen-bond acceptors (Lipinski definition) is 3. The summed E-state index contributed by atoms with van der Waals surface area (Å²) in [6, 6.07) is 0. The quantitative estimate of drug-likeness (QED) is 0.775. The molecule has 2 saturated heterocycles. The van der Waals surface area contributed by atoms with Gasteiger partial charge in [0.1, 0.15) is 0 Å². The summed E-state index contributed by atoms with van der Waals surface area (Å²) >= 11 is 0. The van der Waals surface area contributed by atoms with Gasteiger partial charge in [-0.15, -0.1) is 0 Å². The molecule has 0 saturated carbocycles. The zero-order valence-corrected chi connectivity index (χ0v) is 10.1. The fourth-order valence-corrected chi connectivity index (χ4v) is 2.87. The molecule has 1 atom stereocenters. The van der Waals surface area contributed by atoms with E-state index in [0.717, 1.165) is 38.5 Å². The second-order valence-electron chi connectivity index (χ2n) is 4.78. The Morgan fingerprint density at radius 1 is 1.31 bits per heavy atom. The summed E-state index contributed by atoms with van der Waals surface area (Å²) in [7, 11) is 0. The van der Waals surface area contributed by atoms with Crippen LogP contribution in [0.5, 0.6) is 0 Å². The lowest BCUT2D eigenvalue weighted by Gasteiger charge is -2.27. The average Bonchev–Trinajstić information content (AvgIpc) is 2.80. The molecule has 0 spiro atoms. The highest BCUT2D eigenvalue weighted by Crippen LogP contribution is 2.30. The first-order valence-electron chi connectivity index (χ1n) is 6.43. The van der Waals surface area contributed by atoms with Gasteiger partial charge in [-0.25, -0.2) is 4.79 Å². The number of carbonyl (C=O) groups is 1. The van der Waals surface area contributed by atoms with Crippen molar-refractivity contribution in [1.29, 1.82) is 0 Å². The first-order chi connectivity index (χ1) is 7.81. The van der Waals surface area contributed by atoms with Crippen molar-refractivity contribution in [2.45, 2.75) is 26.2 Å². The molecule has 4 nitrogen and oxygen atoms in total. The molecule has 0 bridgehead atoms. The Morgan fingerprint density at radius 3 is 2.75 bits per heavy atom. The van der Waals surface area contributed by atoms with E-state index in [1.807, 2.05) is 11.8 Å². The van der Waals surface area contributed by atoms with Crippen LogP contribution in [0.1, 0.15) is 26.2 Å². The Kier molecular flexibility index (Phi) is 4.04. The molecular formula is C12H22N2O2. The monoisotopic (exact) mass is 226 g/mol. The predicted octanol–water partition coefficient (Wildman–Crippen LogP) is 1.46. The van der Waals surface area contributed by atoms with Crippen molar-refractivity contribution in [3.8, 4) is 0 Å². The molecule has 0 aromatic heterocycles. The minimum Gasteiger partial charge on any atom is -0.450 e. The summed E-state index contributed by atoms with van der Waals surface area (Å²) in [6.07, 6.45) is 3.56. The topological polar surface area (TPSA) is 41.6 Å². The maximum atomic E-state index is 11.6. The third-order valence-electron chi connectivity index (χ3n) is 3.80. The smallest absolute Gasteiger partial charge is 0.409 e. The van der Waals surface area contributed by atoms with Crippen LogP contribution in [0.3, 0.4) is 0 Å². The lowest BCUT2D eigenvalue weighted by atomic mass is 9.84. The van der Waals surface area contributed by atoms with Crippen LogP contribution in [0.15, 0.2) is 0 Å². The maximum Gasteiger partial charge on any atom is 0.409 e. The first-order valence-corrected chi connectivity index (χ1v) is 6.43.